The third-order valence-corrected chi connectivity index (χ3v) is 1.97. The first kappa shape index (κ1) is 7.69. The zero-order valence-electron chi connectivity index (χ0n) is 6.13. The van der Waals surface area contributed by atoms with E-state index in [1.54, 1.807) is 6.92 Å². The number of aliphatic hydroxyl groups is 1. The summed E-state index contributed by atoms with van der Waals surface area (Å²) < 4.78 is 0. The van der Waals surface area contributed by atoms with Crippen molar-refractivity contribution in [3.8, 4) is 0 Å². The first-order chi connectivity index (χ1) is 4.74. The van der Waals surface area contributed by atoms with Crippen LogP contribution in [0.3, 0.4) is 0 Å². The van der Waals surface area contributed by atoms with Gasteiger partial charge < -0.3 is 10.4 Å². The number of hydrogen-bond donors (Lipinski definition) is 2. The summed E-state index contributed by atoms with van der Waals surface area (Å²) in [5.74, 6) is 0.463. The maximum absolute atomic E-state index is 10.8. The zero-order chi connectivity index (χ0) is 7.56. The molecule has 3 heteroatoms. The molecule has 1 fully saturated rings. The predicted molar refractivity (Wildman–Crippen MR) is 37.7 cm³/mol. The van der Waals surface area contributed by atoms with E-state index < -0.39 is 0 Å². The molecule has 0 spiro atoms. The second-order valence-corrected chi connectivity index (χ2v) is 2.86. The van der Waals surface area contributed by atoms with E-state index in [2.05, 4.69) is 5.32 Å². The Morgan fingerprint density at radius 2 is 2.50 bits per heavy atom. The average Bonchev–Trinajstić information content (AvgIpc) is 2.34. The minimum Gasteiger partial charge on any atom is -0.396 e. The molecule has 0 aromatic rings. The normalized spacial score (nSPS) is 32.6. The van der Waals surface area contributed by atoms with E-state index in [0.717, 1.165) is 13.0 Å². The van der Waals surface area contributed by atoms with Crippen LogP contribution in [0.2, 0.25) is 0 Å². The van der Waals surface area contributed by atoms with Crippen LogP contribution < -0.4 is 5.32 Å². The average molecular weight is 143 g/mol. The summed E-state index contributed by atoms with van der Waals surface area (Å²) >= 11 is 0. The molecule has 2 N–H and O–H groups in total. The Bertz CT molecular complexity index is 136. The maximum atomic E-state index is 10.8. The highest BCUT2D eigenvalue weighted by Crippen LogP contribution is 2.13. The molecule has 10 heavy (non-hydrogen) atoms. The molecule has 58 valence electrons. The van der Waals surface area contributed by atoms with Crippen molar-refractivity contribution in [2.75, 3.05) is 13.2 Å². The van der Waals surface area contributed by atoms with Gasteiger partial charge in [-0.1, -0.05) is 0 Å². The standard InChI is InChI=1S/C7H13NO2/c1-5(10)7-2-6(4-9)3-8-7/h6-9H,2-4H2,1H3/t6-,7+/m1/s1. The summed E-state index contributed by atoms with van der Waals surface area (Å²) in [5, 5.41) is 11.8. The number of aliphatic hydroxyl groups excluding tert-OH is 1. The van der Waals surface area contributed by atoms with Gasteiger partial charge in [0.1, 0.15) is 5.78 Å². The van der Waals surface area contributed by atoms with Crippen LogP contribution in [-0.2, 0) is 4.79 Å². The van der Waals surface area contributed by atoms with Crippen LogP contribution in [-0.4, -0.2) is 30.1 Å². The highest BCUT2D eigenvalue weighted by atomic mass is 16.3. The van der Waals surface area contributed by atoms with Gasteiger partial charge >= 0.3 is 0 Å². The maximum Gasteiger partial charge on any atom is 0.146 e. The molecule has 0 radical (unpaired) electrons. The van der Waals surface area contributed by atoms with Gasteiger partial charge in [0.05, 0.1) is 6.04 Å². The highest BCUT2D eigenvalue weighted by Gasteiger charge is 2.25. The molecular weight excluding hydrogens is 130 g/mol. The van der Waals surface area contributed by atoms with Crippen molar-refractivity contribution in [3.05, 3.63) is 0 Å². The Hall–Kier alpha value is -0.410. The summed E-state index contributed by atoms with van der Waals surface area (Å²) in [5.41, 5.74) is 0. The van der Waals surface area contributed by atoms with Gasteiger partial charge in [-0.25, -0.2) is 0 Å². The van der Waals surface area contributed by atoms with E-state index in [-0.39, 0.29) is 24.3 Å². The Morgan fingerprint density at radius 1 is 1.80 bits per heavy atom. The first-order valence-electron chi connectivity index (χ1n) is 3.58. The molecule has 1 rings (SSSR count). The van der Waals surface area contributed by atoms with Crippen molar-refractivity contribution in [3.63, 3.8) is 0 Å². The topological polar surface area (TPSA) is 49.3 Å². The van der Waals surface area contributed by atoms with Gasteiger partial charge in [-0.15, -0.1) is 0 Å². The Morgan fingerprint density at radius 3 is 2.80 bits per heavy atom. The van der Waals surface area contributed by atoms with E-state index in [4.69, 9.17) is 5.11 Å². The van der Waals surface area contributed by atoms with Gasteiger partial charge in [-0.05, 0) is 19.3 Å². The summed E-state index contributed by atoms with van der Waals surface area (Å²) in [4.78, 5) is 10.8. The van der Waals surface area contributed by atoms with Crippen molar-refractivity contribution < 1.29 is 9.90 Å². The minimum atomic E-state index is -0.00264. The Kier molecular flexibility index (Phi) is 2.40. The number of carbonyl (C=O) groups is 1. The van der Waals surface area contributed by atoms with Crippen molar-refractivity contribution >= 4 is 5.78 Å². The van der Waals surface area contributed by atoms with E-state index in [1.165, 1.54) is 0 Å². The molecule has 0 saturated carbocycles. The summed E-state index contributed by atoms with van der Waals surface area (Å²) in [7, 11) is 0. The third-order valence-electron chi connectivity index (χ3n) is 1.97. The molecule has 1 heterocycles. The summed E-state index contributed by atoms with van der Waals surface area (Å²) in [6, 6.07) is -0.00264. The number of carbonyl (C=O) groups excluding carboxylic acids is 1. The van der Waals surface area contributed by atoms with Gasteiger partial charge in [-0.3, -0.25) is 4.79 Å². The lowest BCUT2D eigenvalue weighted by molar-refractivity contribution is -0.118. The Labute approximate surface area is 60.4 Å². The third kappa shape index (κ3) is 1.55. The van der Waals surface area contributed by atoms with E-state index in [9.17, 15) is 4.79 Å². The van der Waals surface area contributed by atoms with Crippen LogP contribution in [0.15, 0.2) is 0 Å². The summed E-state index contributed by atoms with van der Waals surface area (Å²) in [6.07, 6.45) is 0.797. The van der Waals surface area contributed by atoms with Crippen molar-refractivity contribution in [2.45, 2.75) is 19.4 Å². The molecule has 1 saturated heterocycles. The van der Waals surface area contributed by atoms with Crippen LogP contribution in [0.1, 0.15) is 13.3 Å². The van der Waals surface area contributed by atoms with Gasteiger partial charge in [-0.2, -0.15) is 0 Å². The number of ketones is 1. The number of Topliss-reactive ketones (excluding diaryl/α,β-unsaturated/α-hetero) is 1. The fraction of sp³-hybridized carbons (Fsp3) is 0.857. The minimum absolute atomic E-state index is 0.00264. The number of rotatable bonds is 2. The molecule has 0 aromatic carbocycles. The quantitative estimate of drug-likeness (QED) is 0.550. The predicted octanol–water partition coefficient (Wildman–Crippen LogP) is -0.454. The van der Waals surface area contributed by atoms with Gasteiger partial charge in [0, 0.05) is 13.2 Å². The first-order valence-corrected chi connectivity index (χ1v) is 3.58. The molecular formula is C7H13NO2. The van der Waals surface area contributed by atoms with E-state index in [0.29, 0.717) is 0 Å². The fourth-order valence-electron chi connectivity index (χ4n) is 1.26. The fourth-order valence-corrected chi connectivity index (χ4v) is 1.26. The Balaban J connectivity index is 2.35. The van der Waals surface area contributed by atoms with Gasteiger partial charge in [0.2, 0.25) is 0 Å². The van der Waals surface area contributed by atoms with Crippen LogP contribution >= 0.6 is 0 Å². The number of nitrogens with one attached hydrogen (secondary N) is 1. The van der Waals surface area contributed by atoms with Crippen LogP contribution in [0.5, 0.6) is 0 Å². The molecule has 1 aliphatic rings. The van der Waals surface area contributed by atoms with Gasteiger partial charge in [0.15, 0.2) is 0 Å². The smallest absolute Gasteiger partial charge is 0.146 e. The van der Waals surface area contributed by atoms with Crippen molar-refractivity contribution in [1.29, 1.82) is 0 Å². The van der Waals surface area contributed by atoms with Crippen molar-refractivity contribution in [2.24, 2.45) is 5.92 Å². The van der Waals surface area contributed by atoms with Crippen molar-refractivity contribution in [1.82, 2.24) is 5.32 Å². The van der Waals surface area contributed by atoms with E-state index in [1.807, 2.05) is 0 Å². The molecule has 0 bridgehead atoms. The van der Waals surface area contributed by atoms with E-state index >= 15 is 0 Å². The molecule has 2 atom stereocenters. The van der Waals surface area contributed by atoms with Crippen LogP contribution in [0, 0.1) is 5.92 Å². The second-order valence-electron chi connectivity index (χ2n) is 2.86. The number of hydrogen-bond acceptors (Lipinski definition) is 3. The highest BCUT2D eigenvalue weighted by molar-refractivity contribution is 5.81. The molecule has 0 aliphatic carbocycles. The lowest BCUT2D eigenvalue weighted by Gasteiger charge is -2.03. The molecule has 3 nitrogen and oxygen atoms in total. The van der Waals surface area contributed by atoms with Crippen LogP contribution in [0.4, 0.5) is 0 Å². The molecule has 0 aromatic heterocycles. The zero-order valence-corrected chi connectivity index (χ0v) is 6.13. The van der Waals surface area contributed by atoms with Crippen LogP contribution in [0.25, 0.3) is 0 Å². The summed E-state index contributed by atoms with van der Waals surface area (Å²) in [6.45, 7) is 2.55. The molecule has 0 unspecified atom stereocenters. The SMILES string of the molecule is CC(=O)[C@@H]1C[C@@H](CO)CN1. The lowest BCUT2D eigenvalue weighted by atomic mass is 10.1. The molecule has 0 amide bonds. The second kappa shape index (κ2) is 3.12. The van der Waals surface area contributed by atoms with Gasteiger partial charge in [0.25, 0.3) is 0 Å². The monoisotopic (exact) mass is 143 g/mol. The largest absolute Gasteiger partial charge is 0.396 e. The molecule has 1 aliphatic heterocycles. The lowest BCUT2D eigenvalue weighted by Crippen LogP contribution is -2.28.